The SMILES string of the molecule is CC(=O)O[C@H]1CCC[C@H]2CC[C@]3(C)[C@@H]([C@H](C)CCCC(C)C)CC[C@H]3[C@@H]2[C@@H](N)C[C@H](C)C1. The fourth-order valence-corrected chi connectivity index (χ4v) is 8.52. The molecule has 3 aliphatic rings. The zero-order valence-corrected chi connectivity index (χ0v) is 22.1. The van der Waals surface area contributed by atoms with Crippen molar-refractivity contribution in [3.63, 3.8) is 0 Å². The zero-order chi connectivity index (χ0) is 23.5. The molecule has 2 N–H and O–H groups in total. The lowest BCUT2D eigenvalue weighted by Crippen LogP contribution is -2.50. The van der Waals surface area contributed by atoms with Crippen LogP contribution in [0.2, 0.25) is 0 Å². The number of nitrogens with two attached hydrogens (primary N) is 1. The Morgan fingerprint density at radius 3 is 2.50 bits per heavy atom. The summed E-state index contributed by atoms with van der Waals surface area (Å²) < 4.78 is 5.66. The van der Waals surface area contributed by atoms with Crippen LogP contribution in [0.15, 0.2) is 0 Å². The van der Waals surface area contributed by atoms with Crippen LogP contribution in [0.5, 0.6) is 0 Å². The first kappa shape index (κ1) is 26.0. The number of ether oxygens (including phenoxy) is 1. The number of carbonyl (C=O) groups excluding carboxylic acids is 1. The number of esters is 1. The highest BCUT2D eigenvalue weighted by atomic mass is 16.5. The Balaban J connectivity index is 1.70. The van der Waals surface area contributed by atoms with E-state index in [1.54, 1.807) is 6.92 Å². The van der Waals surface area contributed by atoms with Gasteiger partial charge in [0.15, 0.2) is 0 Å². The second-order valence-corrected chi connectivity index (χ2v) is 12.9. The second-order valence-electron chi connectivity index (χ2n) is 12.9. The molecule has 0 saturated heterocycles. The molecule has 0 radical (unpaired) electrons. The first-order chi connectivity index (χ1) is 15.1. The third-order valence-corrected chi connectivity index (χ3v) is 9.94. The van der Waals surface area contributed by atoms with Gasteiger partial charge in [0.2, 0.25) is 0 Å². The lowest BCUT2D eigenvalue weighted by Gasteiger charge is -2.52. The lowest BCUT2D eigenvalue weighted by atomic mass is 9.53. The van der Waals surface area contributed by atoms with Gasteiger partial charge in [-0.05, 0) is 105 Å². The largest absolute Gasteiger partial charge is 0.463 e. The molecule has 3 aliphatic carbocycles. The maximum absolute atomic E-state index is 11.6. The molecule has 0 spiro atoms. The molecule has 0 unspecified atom stereocenters. The Morgan fingerprint density at radius 2 is 1.81 bits per heavy atom. The number of carbonyl (C=O) groups is 1. The molecule has 0 aromatic carbocycles. The van der Waals surface area contributed by atoms with E-state index in [0.29, 0.717) is 23.3 Å². The van der Waals surface area contributed by atoms with E-state index in [0.717, 1.165) is 48.9 Å². The smallest absolute Gasteiger partial charge is 0.302 e. The molecule has 0 aromatic rings. The summed E-state index contributed by atoms with van der Waals surface area (Å²) in [4.78, 5) is 11.6. The molecule has 0 amide bonds. The molecule has 3 heteroatoms. The molecule has 3 rings (SSSR count). The summed E-state index contributed by atoms with van der Waals surface area (Å²) in [7, 11) is 0. The first-order valence-electron chi connectivity index (χ1n) is 14.0. The van der Waals surface area contributed by atoms with Gasteiger partial charge in [-0.25, -0.2) is 0 Å². The fourth-order valence-electron chi connectivity index (χ4n) is 8.52. The van der Waals surface area contributed by atoms with Crippen LogP contribution in [-0.2, 0) is 9.53 Å². The standard InChI is InChI=1S/C29H53NO2/c1-19(2)9-7-10-21(4)25-13-14-26-28-23(15-16-29(25,26)6)11-8-12-24(32-22(5)31)17-20(3)18-27(28)30/h19-21,23-28H,7-18,30H2,1-6H3/t20-,21-,23+,24+,25-,26+,27+,28-,29-/m1/s1. The maximum atomic E-state index is 11.6. The summed E-state index contributed by atoms with van der Waals surface area (Å²) in [6.45, 7) is 13.8. The van der Waals surface area contributed by atoms with Crippen molar-refractivity contribution >= 4 is 5.97 Å². The van der Waals surface area contributed by atoms with Gasteiger partial charge in [-0.2, -0.15) is 0 Å². The van der Waals surface area contributed by atoms with E-state index >= 15 is 0 Å². The molecule has 3 saturated carbocycles. The second kappa shape index (κ2) is 11.2. The average Bonchev–Trinajstić information content (AvgIpc) is 3.03. The van der Waals surface area contributed by atoms with Crippen LogP contribution < -0.4 is 5.73 Å². The quantitative estimate of drug-likeness (QED) is 0.432. The van der Waals surface area contributed by atoms with Crippen LogP contribution >= 0.6 is 0 Å². The summed E-state index contributed by atoms with van der Waals surface area (Å²) >= 11 is 0. The van der Waals surface area contributed by atoms with Gasteiger partial charge in [0.25, 0.3) is 0 Å². The van der Waals surface area contributed by atoms with Crippen LogP contribution in [0.25, 0.3) is 0 Å². The van der Waals surface area contributed by atoms with Gasteiger partial charge in [-0.15, -0.1) is 0 Å². The van der Waals surface area contributed by atoms with Gasteiger partial charge in [0.1, 0.15) is 6.10 Å². The van der Waals surface area contributed by atoms with E-state index in [1.165, 1.54) is 57.8 Å². The van der Waals surface area contributed by atoms with Crippen LogP contribution in [0, 0.1) is 46.8 Å². The summed E-state index contributed by atoms with van der Waals surface area (Å²) in [5.74, 6) is 5.21. The molecular formula is C29H53NO2. The van der Waals surface area contributed by atoms with E-state index in [4.69, 9.17) is 10.5 Å². The van der Waals surface area contributed by atoms with Gasteiger partial charge in [0.05, 0.1) is 0 Å². The highest BCUT2D eigenvalue weighted by Crippen LogP contribution is 2.62. The highest BCUT2D eigenvalue weighted by Gasteiger charge is 2.55. The normalized spacial score (nSPS) is 41.6. The third kappa shape index (κ3) is 6.10. The van der Waals surface area contributed by atoms with E-state index in [2.05, 4.69) is 34.6 Å². The van der Waals surface area contributed by atoms with E-state index in [-0.39, 0.29) is 12.1 Å². The van der Waals surface area contributed by atoms with Crippen molar-refractivity contribution in [2.24, 2.45) is 52.6 Å². The lowest BCUT2D eigenvalue weighted by molar-refractivity contribution is -0.147. The van der Waals surface area contributed by atoms with Gasteiger partial charge < -0.3 is 10.5 Å². The van der Waals surface area contributed by atoms with Gasteiger partial charge in [0, 0.05) is 13.0 Å². The maximum Gasteiger partial charge on any atom is 0.302 e. The van der Waals surface area contributed by atoms with Crippen LogP contribution in [0.1, 0.15) is 119 Å². The molecule has 3 fully saturated rings. The Labute approximate surface area is 199 Å². The summed E-state index contributed by atoms with van der Waals surface area (Å²) in [5, 5.41) is 0. The van der Waals surface area contributed by atoms with Crippen molar-refractivity contribution in [2.45, 2.75) is 131 Å². The molecule has 32 heavy (non-hydrogen) atoms. The Morgan fingerprint density at radius 1 is 1.06 bits per heavy atom. The topological polar surface area (TPSA) is 52.3 Å². The molecular weight excluding hydrogens is 394 g/mol. The minimum Gasteiger partial charge on any atom is -0.463 e. The van der Waals surface area contributed by atoms with Gasteiger partial charge >= 0.3 is 5.97 Å². The average molecular weight is 448 g/mol. The summed E-state index contributed by atoms with van der Waals surface area (Å²) in [5.41, 5.74) is 7.55. The van der Waals surface area contributed by atoms with Gasteiger partial charge in [-0.1, -0.05) is 53.9 Å². The van der Waals surface area contributed by atoms with E-state index < -0.39 is 0 Å². The first-order valence-corrected chi connectivity index (χ1v) is 14.0. The monoisotopic (exact) mass is 447 g/mol. The highest BCUT2D eigenvalue weighted by molar-refractivity contribution is 5.66. The predicted molar refractivity (Wildman–Crippen MR) is 134 cm³/mol. The fraction of sp³-hybridized carbons (Fsp3) is 0.966. The number of hydrogen-bond acceptors (Lipinski definition) is 3. The van der Waals surface area contributed by atoms with Crippen molar-refractivity contribution in [2.75, 3.05) is 0 Å². The molecule has 0 aromatic heterocycles. The number of fused-ring (bicyclic) bond motifs is 3. The molecule has 186 valence electrons. The number of hydrogen-bond donors (Lipinski definition) is 1. The minimum absolute atomic E-state index is 0.0858. The minimum atomic E-state index is -0.130. The van der Waals surface area contributed by atoms with Crippen molar-refractivity contribution in [1.29, 1.82) is 0 Å². The van der Waals surface area contributed by atoms with Crippen molar-refractivity contribution in [3.05, 3.63) is 0 Å². The zero-order valence-electron chi connectivity index (χ0n) is 22.1. The van der Waals surface area contributed by atoms with Gasteiger partial charge in [-0.3, -0.25) is 4.79 Å². The Bertz CT molecular complexity index is 604. The molecule has 0 aliphatic heterocycles. The summed E-state index contributed by atoms with van der Waals surface area (Å²) in [6.07, 6.45) is 15.4. The van der Waals surface area contributed by atoms with E-state index in [9.17, 15) is 4.79 Å². The van der Waals surface area contributed by atoms with Crippen LogP contribution in [-0.4, -0.2) is 18.1 Å². The third-order valence-electron chi connectivity index (χ3n) is 9.94. The molecule has 9 atom stereocenters. The molecule has 0 bridgehead atoms. The molecule has 3 nitrogen and oxygen atoms in total. The summed E-state index contributed by atoms with van der Waals surface area (Å²) in [6, 6.07) is 0.297. The molecule has 0 heterocycles. The number of rotatable bonds is 6. The van der Waals surface area contributed by atoms with Crippen LogP contribution in [0.4, 0.5) is 0 Å². The van der Waals surface area contributed by atoms with Crippen molar-refractivity contribution < 1.29 is 9.53 Å². The van der Waals surface area contributed by atoms with Crippen molar-refractivity contribution in [1.82, 2.24) is 0 Å². The Hall–Kier alpha value is -0.570. The van der Waals surface area contributed by atoms with Crippen LogP contribution in [0.3, 0.4) is 0 Å². The van der Waals surface area contributed by atoms with Crippen molar-refractivity contribution in [3.8, 4) is 0 Å². The Kier molecular flexibility index (Phi) is 9.14. The predicted octanol–water partition coefficient (Wildman–Crippen LogP) is 7.37. The van der Waals surface area contributed by atoms with E-state index in [1.807, 2.05) is 0 Å².